The summed E-state index contributed by atoms with van der Waals surface area (Å²) in [4.78, 5) is 16.3. The van der Waals surface area contributed by atoms with E-state index >= 15 is 0 Å². The van der Waals surface area contributed by atoms with Gasteiger partial charge in [-0.1, -0.05) is 0 Å². The van der Waals surface area contributed by atoms with Crippen molar-refractivity contribution < 1.29 is 9.53 Å². The lowest BCUT2D eigenvalue weighted by molar-refractivity contribution is -0.131. The van der Waals surface area contributed by atoms with Crippen LogP contribution in [0.25, 0.3) is 0 Å². The maximum Gasteiger partial charge on any atom is 0.224 e. The molecule has 2 unspecified atom stereocenters. The van der Waals surface area contributed by atoms with Crippen molar-refractivity contribution in [2.45, 2.75) is 31.3 Å². The number of hydrogen-bond acceptors (Lipinski definition) is 4. The van der Waals surface area contributed by atoms with Gasteiger partial charge in [-0.3, -0.25) is 4.79 Å². The van der Waals surface area contributed by atoms with Crippen LogP contribution >= 0.6 is 0 Å². The minimum Gasteiger partial charge on any atom is -0.378 e. The highest BCUT2D eigenvalue weighted by Crippen LogP contribution is 2.15. The quantitative estimate of drug-likeness (QED) is 0.763. The van der Waals surface area contributed by atoms with E-state index in [1.807, 2.05) is 11.9 Å². The first-order valence-electron chi connectivity index (χ1n) is 6.92. The highest BCUT2D eigenvalue weighted by Gasteiger charge is 2.25. The molecule has 1 N–H and O–H groups in total. The Bertz CT molecular complexity index is 279. The fourth-order valence-electron chi connectivity index (χ4n) is 2.75. The maximum absolute atomic E-state index is 12.1. The lowest BCUT2D eigenvalue weighted by atomic mass is 10.1. The maximum atomic E-state index is 12.1. The molecule has 2 aliphatic heterocycles. The van der Waals surface area contributed by atoms with Gasteiger partial charge in [0.1, 0.15) is 0 Å². The molecular formula is C13H25N3O2. The Labute approximate surface area is 109 Å². The molecule has 18 heavy (non-hydrogen) atoms. The Morgan fingerprint density at radius 3 is 3.00 bits per heavy atom. The fourth-order valence-corrected chi connectivity index (χ4v) is 2.75. The third-order valence-electron chi connectivity index (χ3n) is 4.00. The zero-order valence-corrected chi connectivity index (χ0v) is 11.5. The van der Waals surface area contributed by atoms with E-state index in [2.05, 4.69) is 17.3 Å². The zero-order chi connectivity index (χ0) is 13.0. The number of rotatable bonds is 4. The number of hydrogen-bond donors (Lipinski definition) is 1. The molecule has 0 spiro atoms. The minimum absolute atomic E-state index is 0.190. The largest absolute Gasteiger partial charge is 0.378 e. The molecular weight excluding hydrogens is 230 g/mol. The van der Waals surface area contributed by atoms with E-state index < -0.39 is 0 Å². The average Bonchev–Trinajstić information content (AvgIpc) is 2.76. The van der Waals surface area contributed by atoms with Crippen molar-refractivity contribution in [2.24, 2.45) is 0 Å². The molecule has 104 valence electrons. The molecule has 2 heterocycles. The highest BCUT2D eigenvalue weighted by molar-refractivity contribution is 5.76. The molecule has 0 aromatic heterocycles. The van der Waals surface area contributed by atoms with Gasteiger partial charge in [0, 0.05) is 38.6 Å². The van der Waals surface area contributed by atoms with E-state index in [-0.39, 0.29) is 11.9 Å². The molecule has 2 saturated heterocycles. The number of nitrogens with one attached hydrogen (secondary N) is 1. The van der Waals surface area contributed by atoms with Crippen LogP contribution in [0.2, 0.25) is 0 Å². The number of likely N-dealkylation sites (N-methyl/N-ethyl adjacent to an activating group) is 2. The number of morpholine rings is 1. The number of carbonyl (C=O) groups is 1. The van der Waals surface area contributed by atoms with Crippen LogP contribution in [0, 0.1) is 0 Å². The molecule has 0 bridgehead atoms. The summed E-state index contributed by atoms with van der Waals surface area (Å²) < 4.78 is 5.37. The summed E-state index contributed by atoms with van der Waals surface area (Å²) in [7, 11) is 4.06. The van der Waals surface area contributed by atoms with Crippen molar-refractivity contribution in [3.05, 3.63) is 0 Å². The molecule has 5 heteroatoms. The lowest BCUT2D eigenvalue weighted by Crippen LogP contribution is -2.46. The van der Waals surface area contributed by atoms with Crippen molar-refractivity contribution in [1.82, 2.24) is 15.1 Å². The van der Waals surface area contributed by atoms with Crippen molar-refractivity contribution in [3.63, 3.8) is 0 Å². The summed E-state index contributed by atoms with van der Waals surface area (Å²) >= 11 is 0. The van der Waals surface area contributed by atoms with Crippen LogP contribution < -0.4 is 5.32 Å². The van der Waals surface area contributed by atoms with Crippen LogP contribution in [0.15, 0.2) is 0 Å². The number of amides is 1. The van der Waals surface area contributed by atoms with Gasteiger partial charge in [0.15, 0.2) is 0 Å². The summed E-state index contributed by atoms with van der Waals surface area (Å²) in [6.07, 6.45) is 3.01. The van der Waals surface area contributed by atoms with Crippen molar-refractivity contribution in [2.75, 3.05) is 46.9 Å². The monoisotopic (exact) mass is 255 g/mol. The predicted molar refractivity (Wildman–Crippen MR) is 70.5 cm³/mol. The minimum atomic E-state index is 0.190. The van der Waals surface area contributed by atoms with Gasteiger partial charge in [0.25, 0.3) is 0 Å². The van der Waals surface area contributed by atoms with Gasteiger partial charge in [-0.05, 0) is 26.4 Å². The van der Waals surface area contributed by atoms with Crippen LogP contribution in [-0.2, 0) is 9.53 Å². The normalized spacial score (nSPS) is 29.4. The van der Waals surface area contributed by atoms with Gasteiger partial charge >= 0.3 is 0 Å². The Kier molecular flexibility index (Phi) is 4.97. The molecule has 2 aliphatic rings. The van der Waals surface area contributed by atoms with Crippen LogP contribution in [-0.4, -0.2) is 74.7 Å². The predicted octanol–water partition coefficient (Wildman–Crippen LogP) is -0.0825. The smallest absolute Gasteiger partial charge is 0.224 e. The molecule has 0 aromatic rings. The van der Waals surface area contributed by atoms with Gasteiger partial charge in [0.2, 0.25) is 5.91 Å². The van der Waals surface area contributed by atoms with E-state index in [0.29, 0.717) is 19.1 Å². The lowest BCUT2D eigenvalue weighted by Gasteiger charge is -2.28. The standard InChI is InChI=1S/C13H25N3O2/c1-15-6-3-4-12(15)9-16(2)13(17)8-11-10-18-7-5-14-11/h11-12,14H,3-10H2,1-2H3. The Hall–Kier alpha value is -0.650. The third-order valence-corrected chi connectivity index (χ3v) is 4.00. The second-order valence-electron chi connectivity index (χ2n) is 5.48. The summed E-state index contributed by atoms with van der Waals surface area (Å²) in [6.45, 7) is 4.27. The zero-order valence-electron chi connectivity index (χ0n) is 11.5. The van der Waals surface area contributed by atoms with Crippen molar-refractivity contribution in [1.29, 1.82) is 0 Å². The van der Waals surface area contributed by atoms with E-state index in [1.54, 1.807) is 0 Å². The van der Waals surface area contributed by atoms with Crippen LogP contribution in [0.5, 0.6) is 0 Å². The molecule has 5 nitrogen and oxygen atoms in total. The Balaban J connectivity index is 1.73. The second-order valence-corrected chi connectivity index (χ2v) is 5.48. The van der Waals surface area contributed by atoms with Crippen molar-refractivity contribution in [3.8, 4) is 0 Å². The first kappa shape index (κ1) is 13.8. The van der Waals surface area contributed by atoms with Gasteiger partial charge in [-0.15, -0.1) is 0 Å². The molecule has 1 amide bonds. The highest BCUT2D eigenvalue weighted by atomic mass is 16.5. The molecule has 0 aromatic carbocycles. The number of ether oxygens (including phenoxy) is 1. The van der Waals surface area contributed by atoms with Gasteiger partial charge in [0.05, 0.1) is 13.2 Å². The number of likely N-dealkylation sites (tertiary alicyclic amines) is 1. The van der Waals surface area contributed by atoms with Gasteiger partial charge < -0.3 is 19.9 Å². The summed E-state index contributed by atoms with van der Waals surface area (Å²) in [6, 6.07) is 0.726. The Morgan fingerprint density at radius 1 is 1.56 bits per heavy atom. The van der Waals surface area contributed by atoms with Crippen molar-refractivity contribution >= 4 is 5.91 Å². The molecule has 0 saturated carbocycles. The molecule has 0 radical (unpaired) electrons. The summed E-state index contributed by atoms with van der Waals surface area (Å²) in [5.74, 6) is 0.221. The first-order valence-corrected chi connectivity index (χ1v) is 6.92. The summed E-state index contributed by atoms with van der Waals surface area (Å²) in [5.41, 5.74) is 0. The van der Waals surface area contributed by atoms with Crippen LogP contribution in [0.3, 0.4) is 0 Å². The SMILES string of the molecule is CN(CC1CCCN1C)C(=O)CC1COCCN1. The average molecular weight is 255 g/mol. The van der Waals surface area contributed by atoms with E-state index in [9.17, 15) is 4.79 Å². The van der Waals surface area contributed by atoms with E-state index in [0.717, 1.165) is 26.2 Å². The molecule has 0 aliphatic carbocycles. The topological polar surface area (TPSA) is 44.8 Å². The van der Waals surface area contributed by atoms with Crippen LogP contribution in [0.1, 0.15) is 19.3 Å². The third kappa shape index (κ3) is 3.67. The number of carbonyl (C=O) groups excluding carboxylic acids is 1. The fraction of sp³-hybridized carbons (Fsp3) is 0.923. The first-order chi connectivity index (χ1) is 8.66. The molecule has 2 rings (SSSR count). The number of nitrogens with zero attached hydrogens (tertiary/aromatic N) is 2. The van der Waals surface area contributed by atoms with Gasteiger partial charge in [-0.2, -0.15) is 0 Å². The molecule has 2 fully saturated rings. The molecule has 2 atom stereocenters. The van der Waals surface area contributed by atoms with E-state index in [1.165, 1.54) is 12.8 Å². The second kappa shape index (κ2) is 6.50. The summed E-state index contributed by atoms with van der Waals surface area (Å²) in [5, 5.41) is 3.32. The van der Waals surface area contributed by atoms with Crippen LogP contribution in [0.4, 0.5) is 0 Å². The van der Waals surface area contributed by atoms with Gasteiger partial charge in [-0.25, -0.2) is 0 Å². The van der Waals surface area contributed by atoms with E-state index in [4.69, 9.17) is 4.74 Å². The Morgan fingerprint density at radius 2 is 2.39 bits per heavy atom.